The van der Waals surface area contributed by atoms with Gasteiger partial charge in [0.15, 0.2) is 0 Å². The molecule has 0 bridgehead atoms. The molecule has 4 aliphatic carbocycles. The molecule has 11 heteroatoms. The van der Waals surface area contributed by atoms with Crippen LogP contribution in [0.4, 0.5) is 0 Å². The van der Waals surface area contributed by atoms with Gasteiger partial charge in [-0.25, -0.2) is 0 Å². The molecule has 0 heterocycles. The minimum Gasteiger partial charge on any atom is -0.366 e. The van der Waals surface area contributed by atoms with Crippen molar-refractivity contribution in [3.63, 3.8) is 0 Å². The first-order valence-electron chi connectivity index (χ1n) is 12.5. The van der Waals surface area contributed by atoms with Crippen LogP contribution in [0.2, 0.25) is 0 Å². The molecular weight excluding hydrogens is 512 g/mol. The van der Waals surface area contributed by atoms with Crippen LogP contribution in [0, 0.1) is 66.6 Å². The van der Waals surface area contributed by atoms with Gasteiger partial charge in [-0.05, 0) is 78.9 Å². The summed E-state index contributed by atoms with van der Waals surface area (Å²) in [6.45, 7) is 6.69. The van der Waals surface area contributed by atoms with E-state index in [4.69, 9.17) is 4.84 Å². The van der Waals surface area contributed by atoms with Gasteiger partial charge in [-0.15, -0.1) is 20.2 Å². The van der Waals surface area contributed by atoms with Crippen molar-refractivity contribution in [2.24, 2.45) is 46.3 Å². The average Bonchev–Trinajstić information content (AvgIpc) is 3.05. The number of hydrogen-bond acceptors (Lipinski definition) is 8. The summed E-state index contributed by atoms with van der Waals surface area (Å²) >= 11 is 3.56. The first-order chi connectivity index (χ1) is 15.8. The first kappa shape index (κ1) is 25.9. The molecule has 4 fully saturated rings. The van der Waals surface area contributed by atoms with Crippen LogP contribution in [0.3, 0.4) is 0 Å². The van der Waals surface area contributed by atoms with Crippen molar-refractivity contribution in [1.29, 1.82) is 0 Å². The Labute approximate surface area is 208 Å². The van der Waals surface area contributed by atoms with Crippen LogP contribution in [0.15, 0.2) is 0 Å². The molecular formula is C23H37BrN2O8. The van der Waals surface area contributed by atoms with E-state index >= 15 is 0 Å². The van der Waals surface area contributed by atoms with Crippen LogP contribution in [-0.2, 0) is 9.68 Å². The predicted octanol–water partition coefficient (Wildman–Crippen LogP) is 4.47. The quantitative estimate of drug-likeness (QED) is 0.205. The highest BCUT2D eigenvalue weighted by Crippen LogP contribution is 2.71. The third kappa shape index (κ3) is 4.09. The minimum absolute atomic E-state index is 0.0377. The molecule has 34 heavy (non-hydrogen) atoms. The van der Waals surface area contributed by atoms with Crippen molar-refractivity contribution < 1.29 is 30.1 Å². The second-order valence-corrected chi connectivity index (χ2v) is 12.7. The lowest BCUT2D eigenvalue weighted by molar-refractivity contribution is -0.804. The van der Waals surface area contributed by atoms with E-state index in [1.165, 1.54) is 0 Å². The number of alkyl halides is 1. The molecule has 4 aliphatic rings. The molecule has 0 saturated heterocycles. The maximum atomic E-state index is 11.8. The molecule has 0 aliphatic heterocycles. The number of nitrogens with zero attached hydrogens (tertiary/aromatic N) is 2. The summed E-state index contributed by atoms with van der Waals surface area (Å²) in [5.74, 6) is -3.73. The molecule has 194 valence electrons. The molecule has 10 nitrogen and oxygen atoms in total. The van der Waals surface area contributed by atoms with Gasteiger partial charge in [0.25, 0.3) is 10.2 Å². The molecule has 0 unspecified atom stereocenters. The van der Waals surface area contributed by atoms with Gasteiger partial charge >= 0.3 is 0 Å². The number of aliphatic hydroxyl groups is 2. The van der Waals surface area contributed by atoms with Gasteiger partial charge in [0.05, 0.1) is 0 Å². The van der Waals surface area contributed by atoms with Crippen LogP contribution in [0.25, 0.3) is 0 Å². The zero-order valence-electron chi connectivity index (χ0n) is 20.2. The second kappa shape index (κ2) is 8.73. The van der Waals surface area contributed by atoms with Crippen LogP contribution in [-0.4, -0.2) is 37.3 Å². The molecule has 0 aromatic rings. The predicted molar refractivity (Wildman–Crippen MR) is 124 cm³/mol. The van der Waals surface area contributed by atoms with Crippen molar-refractivity contribution >= 4 is 15.9 Å². The highest BCUT2D eigenvalue weighted by atomic mass is 79.9. The van der Waals surface area contributed by atoms with Crippen molar-refractivity contribution in [2.45, 2.75) is 90.1 Å². The van der Waals surface area contributed by atoms with Gasteiger partial charge in [0, 0.05) is 30.5 Å². The van der Waals surface area contributed by atoms with Crippen molar-refractivity contribution in [3.8, 4) is 0 Å². The van der Waals surface area contributed by atoms with E-state index < -0.39 is 33.6 Å². The van der Waals surface area contributed by atoms with E-state index in [1.807, 2.05) is 0 Å². The molecule has 10 atom stereocenters. The minimum atomic E-state index is -1.99. The largest absolute Gasteiger partial charge is 0.366 e. The third-order valence-electron chi connectivity index (χ3n) is 10.5. The summed E-state index contributed by atoms with van der Waals surface area (Å²) in [4.78, 5) is 32.2. The number of halogens is 1. The van der Waals surface area contributed by atoms with E-state index in [0.717, 1.165) is 37.4 Å². The summed E-state index contributed by atoms with van der Waals surface area (Å²) in [5.41, 5.74) is -0.367. The molecule has 0 aromatic carbocycles. The average molecular weight is 549 g/mol. The Morgan fingerprint density at radius 1 is 0.971 bits per heavy atom. The Kier molecular flexibility index (Phi) is 6.64. The van der Waals surface area contributed by atoms with E-state index in [-0.39, 0.29) is 41.9 Å². The standard InChI is InChI=1S/C23H37BrN2O8/c1-14(7-11-24)16-4-5-17-19-18(6-8-21(16,17)3)20(2)9-10-22(27,33-25(29)30)12-15(20)13-23(19,28)34-26(31)32/h14-19,27-28H,4-13H2,1-3H3/t14-,15+,16-,17+,18+,19+,20+,21-,22+,23+/m1/s1. The topological polar surface area (TPSA) is 145 Å². The Morgan fingerprint density at radius 2 is 1.62 bits per heavy atom. The van der Waals surface area contributed by atoms with E-state index in [1.54, 1.807) is 0 Å². The molecule has 4 saturated carbocycles. The molecule has 4 rings (SSSR count). The summed E-state index contributed by atoms with van der Waals surface area (Å²) in [7, 11) is 0. The monoisotopic (exact) mass is 548 g/mol. The Balaban J connectivity index is 1.70. The lowest BCUT2D eigenvalue weighted by Crippen LogP contribution is -2.66. The summed E-state index contributed by atoms with van der Waals surface area (Å²) in [5, 5.41) is 44.1. The van der Waals surface area contributed by atoms with Crippen molar-refractivity contribution in [2.75, 3.05) is 5.33 Å². The SMILES string of the molecule is C[C@H](CCBr)[C@H]1CC[C@H]2[C@H]3[C@H](CC[C@]12C)[C@@]1(C)CC[C@](O)(O[N+](=O)[O-])C[C@H]1C[C@]3(O)O[N+](=O)[O-]. The summed E-state index contributed by atoms with van der Waals surface area (Å²) < 4.78 is 0. The zero-order chi connectivity index (χ0) is 25.1. The number of fused-ring (bicyclic) bond motifs is 5. The lowest BCUT2D eigenvalue weighted by Gasteiger charge is -2.65. The van der Waals surface area contributed by atoms with Gasteiger partial charge in [-0.3, -0.25) is 9.68 Å². The third-order valence-corrected chi connectivity index (χ3v) is 11.0. The fourth-order valence-corrected chi connectivity index (χ4v) is 9.70. The molecule has 0 radical (unpaired) electrons. The molecule has 0 amide bonds. The van der Waals surface area contributed by atoms with Gasteiger partial charge in [-0.2, -0.15) is 0 Å². The summed E-state index contributed by atoms with van der Waals surface area (Å²) in [6, 6.07) is 0. The number of hydrogen-bond donors (Lipinski definition) is 2. The molecule has 2 N–H and O–H groups in total. The van der Waals surface area contributed by atoms with E-state index in [2.05, 4.69) is 41.5 Å². The molecule has 0 aromatic heterocycles. The summed E-state index contributed by atoms with van der Waals surface area (Å²) in [6.07, 6.45) is 5.26. The van der Waals surface area contributed by atoms with Crippen molar-refractivity contribution in [3.05, 3.63) is 20.2 Å². The Hall–Kier alpha value is -1.20. The van der Waals surface area contributed by atoms with Crippen LogP contribution >= 0.6 is 15.9 Å². The van der Waals surface area contributed by atoms with E-state index in [0.29, 0.717) is 18.3 Å². The molecule has 0 spiro atoms. The van der Waals surface area contributed by atoms with Gasteiger partial charge in [0.1, 0.15) is 0 Å². The smallest absolute Gasteiger partial charge is 0.297 e. The van der Waals surface area contributed by atoms with E-state index in [9.17, 15) is 30.4 Å². The Bertz CT molecular complexity index is 833. The van der Waals surface area contributed by atoms with Crippen molar-refractivity contribution in [1.82, 2.24) is 0 Å². The van der Waals surface area contributed by atoms with Crippen LogP contribution in [0.5, 0.6) is 0 Å². The second-order valence-electron chi connectivity index (χ2n) is 12.0. The lowest BCUT2D eigenvalue weighted by atomic mass is 9.42. The van der Waals surface area contributed by atoms with Crippen LogP contribution < -0.4 is 0 Å². The fourth-order valence-electron chi connectivity index (χ4n) is 8.98. The first-order valence-corrected chi connectivity index (χ1v) is 13.6. The maximum absolute atomic E-state index is 11.8. The highest BCUT2D eigenvalue weighted by molar-refractivity contribution is 9.09. The van der Waals surface area contributed by atoms with Crippen LogP contribution in [0.1, 0.15) is 78.6 Å². The highest BCUT2D eigenvalue weighted by Gasteiger charge is 2.69. The van der Waals surface area contributed by atoms with Gasteiger partial charge in [-0.1, -0.05) is 36.7 Å². The zero-order valence-corrected chi connectivity index (χ0v) is 21.7. The number of rotatable bonds is 7. The maximum Gasteiger partial charge on any atom is 0.297 e. The fraction of sp³-hybridized carbons (Fsp3) is 1.00. The Morgan fingerprint density at radius 3 is 2.24 bits per heavy atom. The normalized spacial score (nSPS) is 48.7. The van der Waals surface area contributed by atoms with Gasteiger partial charge < -0.3 is 10.2 Å². The van der Waals surface area contributed by atoms with Gasteiger partial charge in [0.2, 0.25) is 11.6 Å².